The fourth-order valence-corrected chi connectivity index (χ4v) is 6.59. The number of hydrogen-bond donors (Lipinski definition) is 4. The van der Waals surface area contributed by atoms with E-state index >= 15 is 0 Å². The van der Waals surface area contributed by atoms with E-state index in [4.69, 9.17) is 0 Å². The number of aliphatic hydroxyl groups is 2. The van der Waals surface area contributed by atoms with Gasteiger partial charge in [-0.1, -0.05) is 206 Å². The third-order valence-electron chi connectivity index (χ3n) is 9.97. The summed E-state index contributed by atoms with van der Waals surface area (Å²) in [7, 11) is 0. The van der Waals surface area contributed by atoms with Gasteiger partial charge in [0.25, 0.3) is 0 Å². The van der Waals surface area contributed by atoms with Gasteiger partial charge in [0, 0.05) is 13.1 Å². The Bertz CT molecular complexity index is 618. The van der Waals surface area contributed by atoms with Crippen LogP contribution in [0.3, 0.4) is 0 Å². The van der Waals surface area contributed by atoms with Gasteiger partial charge in [-0.15, -0.1) is 0 Å². The van der Waals surface area contributed by atoms with Crippen molar-refractivity contribution >= 4 is 11.8 Å². The summed E-state index contributed by atoms with van der Waals surface area (Å²) in [6.45, 7) is 5.70. The molecule has 2 amide bonds. The van der Waals surface area contributed by atoms with Crippen molar-refractivity contribution in [2.45, 2.75) is 244 Å². The van der Waals surface area contributed by atoms with Crippen molar-refractivity contribution in [3.63, 3.8) is 0 Å². The number of aliphatic hydroxyl groups excluding tert-OH is 2. The Morgan fingerprint density at radius 1 is 0.354 bits per heavy atom. The lowest BCUT2D eigenvalue weighted by Crippen LogP contribution is -2.35. The third-order valence-corrected chi connectivity index (χ3v) is 9.97. The molecule has 0 rings (SSSR count). The summed E-state index contributed by atoms with van der Waals surface area (Å²) in [5, 5.41) is 26.1. The van der Waals surface area contributed by atoms with Gasteiger partial charge >= 0.3 is 0 Å². The number of hydrogen-bond acceptors (Lipinski definition) is 4. The van der Waals surface area contributed by atoms with Crippen molar-refractivity contribution in [1.82, 2.24) is 10.6 Å². The van der Waals surface area contributed by atoms with E-state index in [1.165, 1.54) is 154 Å². The molecule has 286 valence electrons. The summed E-state index contributed by atoms with van der Waals surface area (Å²) in [4.78, 5) is 24.3. The van der Waals surface area contributed by atoms with Crippen LogP contribution in [-0.2, 0) is 9.59 Å². The first-order chi connectivity index (χ1) is 23.5. The van der Waals surface area contributed by atoms with Gasteiger partial charge in [-0.05, 0) is 25.7 Å². The van der Waals surface area contributed by atoms with E-state index < -0.39 is 12.2 Å². The zero-order chi connectivity index (χ0) is 35.2. The van der Waals surface area contributed by atoms with Crippen molar-refractivity contribution in [2.24, 2.45) is 0 Å². The molecule has 0 fully saturated rings. The van der Waals surface area contributed by atoms with Gasteiger partial charge in [-0.25, -0.2) is 0 Å². The first-order valence-electron chi connectivity index (χ1n) is 21.4. The molecule has 6 heteroatoms. The molecular weight excluding hydrogens is 596 g/mol. The highest BCUT2D eigenvalue weighted by Crippen LogP contribution is 2.15. The molecule has 48 heavy (non-hydrogen) atoms. The number of nitrogens with one attached hydrogen (secondary N) is 2. The van der Waals surface area contributed by atoms with E-state index in [0.717, 1.165) is 51.4 Å². The lowest BCUT2D eigenvalue weighted by atomic mass is 10.0. The van der Waals surface area contributed by atoms with Crippen molar-refractivity contribution in [1.29, 1.82) is 0 Å². The van der Waals surface area contributed by atoms with Crippen LogP contribution in [0.25, 0.3) is 0 Å². The number of amides is 2. The molecule has 0 aliphatic heterocycles. The molecule has 0 aliphatic rings. The van der Waals surface area contributed by atoms with Gasteiger partial charge in [0.05, 0.1) is 0 Å². The van der Waals surface area contributed by atoms with Gasteiger partial charge in [0.1, 0.15) is 12.2 Å². The zero-order valence-corrected chi connectivity index (χ0v) is 32.3. The average molecular weight is 681 g/mol. The van der Waals surface area contributed by atoms with Crippen LogP contribution in [0.1, 0.15) is 232 Å². The average Bonchev–Trinajstić information content (AvgIpc) is 3.09. The van der Waals surface area contributed by atoms with Crippen molar-refractivity contribution in [3.8, 4) is 0 Å². The highest BCUT2D eigenvalue weighted by molar-refractivity contribution is 5.80. The number of carbonyl (C=O) groups is 2. The van der Waals surface area contributed by atoms with Crippen LogP contribution in [0.5, 0.6) is 0 Å². The molecule has 2 atom stereocenters. The van der Waals surface area contributed by atoms with E-state index in [9.17, 15) is 19.8 Å². The minimum absolute atomic E-state index is 0.246. The number of carbonyl (C=O) groups excluding carboxylic acids is 2. The molecule has 0 radical (unpaired) electrons. The lowest BCUT2D eigenvalue weighted by molar-refractivity contribution is -0.130. The highest BCUT2D eigenvalue weighted by atomic mass is 16.3. The third kappa shape index (κ3) is 34.7. The summed E-state index contributed by atoms with van der Waals surface area (Å²) in [5.41, 5.74) is 0. The lowest BCUT2D eigenvalue weighted by Gasteiger charge is -2.12. The Hall–Kier alpha value is -1.14. The Labute approximate surface area is 299 Å². The summed E-state index contributed by atoms with van der Waals surface area (Å²) < 4.78 is 0. The van der Waals surface area contributed by atoms with Gasteiger partial charge in [-0.3, -0.25) is 9.59 Å². The normalized spacial score (nSPS) is 12.7. The smallest absolute Gasteiger partial charge is 0.248 e. The van der Waals surface area contributed by atoms with Gasteiger partial charge in [-0.2, -0.15) is 0 Å². The van der Waals surface area contributed by atoms with Crippen LogP contribution in [-0.4, -0.2) is 47.3 Å². The van der Waals surface area contributed by atoms with E-state index in [-0.39, 0.29) is 11.8 Å². The second kappa shape index (κ2) is 38.7. The maximum atomic E-state index is 12.2. The Morgan fingerprint density at radius 2 is 0.562 bits per heavy atom. The van der Waals surface area contributed by atoms with E-state index in [0.29, 0.717) is 25.9 Å². The molecule has 0 bridgehead atoms. The highest BCUT2D eigenvalue weighted by Gasteiger charge is 2.14. The maximum absolute atomic E-state index is 12.2. The Kier molecular flexibility index (Phi) is 37.7. The summed E-state index contributed by atoms with van der Waals surface area (Å²) in [6.07, 6.45) is 39.4. The first-order valence-corrected chi connectivity index (χ1v) is 21.4. The molecule has 0 aliphatic carbocycles. The minimum Gasteiger partial charge on any atom is -0.383 e. The van der Waals surface area contributed by atoms with E-state index in [2.05, 4.69) is 24.5 Å². The van der Waals surface area contributed by atoms with Crippen LogP contribution < -0.4 is 10.6 Å². The zero-order valence-electron chi connectivity index (χ0n) is 32.3. The van der Waals surface area contributed by atoms with Crippen LogP contribution >= 0.6 is 0 Å². The number of rotatable bonds is 39. The van der Waals surface area contributed by atoms with E-state index in [1.807, 2.05) is 0 Å². The van der Waals surface area contributed by atoms with Crippen LogP contribution in [0.2, 0.25) is 0 Å². The molecule has 0 saturated heterocycles. The number of unbranched alkanes of at least 4 members (excludes halogenated alkanes) is 29. The molecular formula is C42H84N2O4. The molecule has 0 spiro atoms. The second-order valence-electron chi connectivity index (χ2n) is 14.8. The van der Waals surface area contributed by atoms with Gasteiger partial charge in [0.2, 0.25) is 11.8 Å². The predicted octanol–water partition coefficient (Wildman–Crippen LogP) is 11.2. The van der Waals surface area contributed by atoms with Crippen LogP contribution in [0, 0.1) is 0 Å². The first kappa shape index (κ1) is 46.9. The summed E-state index contributed by atoms with van der Waals surface area (Å²) in [6, 6.07) is 0. The summed E-state index contributed by atoms with van der Waals surface area (Å²) in [5.74, 6) is -0.491. The second-order valence-corrected chi connectivity index (χ2v) is 14.8. The Balaban J connectivity index is 3.44. The molecule has 0 aromatic carbocycles. The predicted molar refractivity (Wildman–Crippen MR) is 206 cm³/mol. The van der Waals surface area contributed by atoms with Gasteiger partial charge in [0.15, 0.2) is 0 Å². The van der Waals surface area contributed by atoms with Crippen molar-refractivity contribution < 1.29 is 19.8 Å². The van der Waals surface area contributed by atoms with E-state index in [1.54, 1.807) is 0 Å². The Morgan fingerprint density at radius 3 is 0.812 bits per heavy atom. The van der Waals surface area contributed by atoms with Crippen LogP contribution in [0.15, 0.2) is 0 Å². The van der Waals surface area contributed by atoms with Crippen molar-refractivity contribution in [3.05, 3.63) is 0 Å². The SMILES string of the molecule is CCCCCCCCCCCCCCCCC(O)C(=O)NCCCCCCNC(=O)C(O)CCCCCCCCCCCCCCCC. The largest absolute Gasteiger partial charge is 0.383 e. The molecule has 0 saturated carbocycles. The molecule has 0 aromatic rings. The summed E-state index contributed by atoms with van der Waals surface area (Å²) >= 11 is 0. The quantitative estimate of drug-likeness (QED) is 0.0486. The van der Waals surface area contributed by atoms with Gasteiger partial charge < -0.3 is 20.8 Å². The maximum Gasteiger partial charge on any atom is 0.248 e. The standard InChI is InChI=1S/C42H84N2O4/c1-3-5-7-9-11-13-15-17-19-21-23-25-27-31-35-39(45)41(47)43-37-33-29-30-34-38-44-42(48)40(46)36-32-28-26-24-22-20-18-16-14-12-10-8-6-4-2/h39-40,45-46H,3-38H2,1-2H3,(H,43,47)(H,44,48). The fraction of sp³-hybridized carbons (Fsp3) is 0.952. The molecule has 6 nitrogen and oxygen atoms in total. The molecule has 0 heterocycles. The molecule has 2 unspecified atom stereocenters. The fourth-order valence-electron chi connectivity index (χ4n) is 6.59. The minimum atomic E-state index is -0.895. The van der Waals surface area contributed by atoms with Crippen LogP contribution in [0.4, 0.5) is 0 Å². The monoisotopic (exact) mass is 681 g/mol. The molecule has 0 aromatic heterocycles. The van der Waals surface area contributed by atoms with Crippen molar-refractivity contribution in [2.75, 3.05) is 13.1 Å². The topological polar surface area (TPSA) is 98.7 Å². The molecule has 4 N–H and O–H groups in total.